The molecule has 4 nitrogen and oxygen atoms in total. The molecule has 1 amide bonds. The fourth-order valence-electron chi connectivity index (χ4n) is 2.48. The molecular weight excluding hydrogens is 250 g/mol. The number of hydrogen-bond donors (Lipinski definition) is 2. The van der Waals surface area contributed by atoms with Gasteiger partial charge in [-0.3, -0.25) is 9.78 Å². The second-order valence-corrected chi connectivity index (χ2v) is 4.92. The van der Waals surface area contributed by atoms with Gasteiger partial charge in [0.15, 0.2) is 0 Å². The SMILES string of the molecule is O=C(NCc1ccccc1)c1cncc2c1CCNC2. The first-order valence-electron chi connectivity index (χ1n) is 6.83. The van der Waals surface area contributed by atoms with Crippen molar-refractivity contribution >= 4 is 5.91 Å². The molecule has 0 radical (unpaired) electrons. The van der Waals surface area contributed by atoms with Gasteiger partial charge in [0.1, 0.15) is 0 Å². The highest BCUT2D eigenvalue weighted by Gasteiger charge is 2.17. The highest BCUT2D eigenvalue weighted by atomic mass is 16.1. The maximum absolute atomic E-state index is 12.3. The number of hydrogen-bond acceptors (Lipinski definition) is 3. The third-order valence-electron chi connectivity index (χ3n) is 3.55. The van der Waals surface area contributed by atoms with Gasteiger partial charge in [0.25, 0.3) is 5.91 Å². The number of rotatable bonds is 3. The van der Waals surface area contributed by atoms with Gasteiger partial charge in [0, 0.05) is 25.5 Å². The summed E-state index contributed by atoms with van der Waals surface area (Å²) < 4.78 is 0. The van der Waals surface area contributed by atoms with Crippen LogP contribution in [0.2, 0.25) is 0 Å². The number of benzene rings is 1. The van der Waals surface area contributed by atoms with E-state index in [-0.39, 0.29) is 5.91 Å². The number of aromatic nitrogens is 1. The van der Waals surface area contributed by atoms with E-state index in [1.165, 1.54) is 0 Å². The van der Waals surface area contributed by atoms with E-state index in [1.54, 1.807) is 6.20 Å². The molecule has 20 heavy (non-hydrogen) atoms. The molecule has 0 unspecified atom stereocenters. The lowest BCUT2D eigenvalue weighted by Crippen LogP contribution is -2.29. The monoisotopic (exact) mass is 267 g/mol. The molecule has 0 fully saturated rings. The number of carbonyl (C=O) groups excluding carboxylic acids is 1. The van der Waals surface area contributed by atoms with E-state index in [0.717, 1.165) is 36.2 Å². The summed E-state index contributed by atoms with van der Waals surface area (Å²) in [4.78, 5) is 16.5. The summed E-state index contributed by atoms with van der Waals surface area (Å²) in [6, 6.07) is 9.92. The van der Waals surface area contributed by atoms with Crippen molar-refractivity contribution in [1.82, 2.24) is 15.6 Å². The van der Waals surface area contributed by atoms with Crippen molar-refractivity contribution in [2.45, 2.75) is 19.5 Å². The second kappa shape index (κ2) is 5.84. The van der Waals surface area contributed by atoms with Crippen LogP contribution in [0, 0.1) is 0 Å². The van der Waals surface area contributed by atoms with E-state index in [4.69, 9.17) is 0 Å². The zero-order chi connectivity index (χ0) is 13.8. The minimum absolute atomic E-state index is 0.0416. The summed E-state index contributed by atoms with van der Waals surface area (Å²) in [5.74, 6) is -0.0416. The molecule has 2 heterocycles. The Morgan fingerprint density at radius 3 is 2.95 bits per heavy atom. The second-order valence-electron chi connectivity index (χ2n) is 4.92. The first-order chi connectivity index (χ1) is 9.84. The largest absolute Gasteiger partial charge is 0.348 e. The Labute approximate surface area is 118 Å². The van der Waals surface area contributed by atoms with Gasteiger partial charge >= 0.3 is 0 Å². The fraction of sp³-hybridized carbons (Fsp3) is 0.250. The molecule has 1 aliphatic rings. The number of pyridine rings is 1. The lowest BCUT2D eigenvalue weighted by molar-refractivity contribution is 0.0949. The van der Waals surface area contributed by atoms with Crippen LogP contribution in [0.15, 0.2) is 42.7 Å². The molecule has 0 spiro atoms. The minimum Gasteiger partial charge on any atom is -0.348 e. The van der Waals surface area contributed by atoms with Crippen LogP contribution in [0.5, 0.6) is 0 Å². The first-order valence-corrected chi connectivity index (χ1v) is 6.83. The molecular formula is C16H17N3O. The summed E-state index contributed by atoms with van der Waals surface area (Å²) in [5.41, 5.74) is 4.06. The summed E-state index contributed by atoms with van der Waals surface area (Å²) in [7, 11) is 0. The molecule has 1 aromatic carbocycles. The zero-order valence-electron chi connectivity index (χ0n) is 11.2. The van der Waals surface area contributed by atoms with E-state index in [9.17, 15) is 4.79 Å². The van der Waals surface area contributed by atoms with Gasteiger partial charge in [-0.15, -0.1) is 0 Å². The molecule has 1 aromatic heterocycles. The molecule has 0 saturated carbocycles. The smallest absolute Gasteiger partial charge is 0.253 e. The predicted octanol–water partition coefficient (Wildman–Crippen LogP) is 1.66. The topological polar surface area (TPSA) is 54.0 Å². The van der Waals surface area contributed by atoms with Crippen LogP contribution in [0.25, 0.3) is 0 Å². The van der Waals surface area contributed by atoms with Gasteiger partial charge in [-0.25, -0.2) is 0 Å². The molecule has 4 heteroatoms. The van der Waals surface area contributed by atoms with Gasteiger partial charge in [-0.1, -0.05) is 30.3 Å². The van der Waals surface area contributed by atoms with Crippen LogP contribution in [-0.4, -0.2) is 17.4 Å². The zero-order valence-corrected chi connectivity index (χ0v) is 11.2. The molecule has 102 valence electrons. The van der Waals surface area contributed by atoms with Crippen LogP contribution in [0.3, 0.4) is 0 Å². The average Bonchev–Trinajstić information content (AvgIpc) is 2.53. The fourth-order valence-corrected chi connectivity index (χ4v) is 2.48. The quantitative estimate of drug-likeness (QED) is 0.889. The van der Waals surface area contributed by atoms with E-state index in [1.807, 2.05) is 36.5 Å². The predicted molar refractivity (Wildman–Crippen MR) is 77.3 cm³/mol. The van der Waals surface area contributed by atoms with Crippen molar-refractivity contribution in [3.05, 3.63) is 65.0 Å². The third-order valence-corrected chi connectivity index (χ3v) is 3.55. The highest BCUT2D eigenvalue weighted by molar-refractivity contribution is 5.95. The van der Waals surface area contributed by atoms with Crippen LogP contribution in [-0.2, 0) is 19.5 Å². The van der Waals surface area contributed by atoms with Crippen LogP contribution in [0.1, 0.15) is 27.0 Å². The Bertz CT molecular complexity index is 610. The van der Waals surface area contributed by atoms with Gasteiger partial charge < -0.3 is 10.6 Å². The third kappa shape index (κ3) is 2.70. The molecule has 2 aromatic rings. The molecule has 0 bridgehead atoms. The standard InChI is InChI=1S/C16H17N3O/c20-16(19-8-12-4-2-1-3-5-12)15-11-18-10-13-9-17-7-6-14(13)15/h1-5,10-11,17H,6-9H2,(H,19,20). The van der Waals surface area contributed by atoms with E-state index in [0.29, 0.717) is 12.1 Å². The number of carbonyl (C=O) groups is 1. The number of fused-ring (bicyclic) bond motifs is 1. The normalized spacial score (nSPS) is 13.6. The summed E-state index contributed by atoms with van der Waals surface area (Å²) in [6.07, 6.45) is 4.39. The average molecular weight is 267 g/mol. The molecule has 0 aliphatic carbocycles. The van der Waals surface area contributed by atoms with Crippen LogP contribution < -0.4 is 10.6 Å². The Kier molecular flexibility index (Phi) is 3.74. The molecule has 0 atom stereocenters. The summed E-state index contributed by atoms with van der Waals surface area (Å²) >= 11 is 0. The van der Waals surface area contributed by atoms with Crippen molar-refractivity contribution in [1.29, 1.82) is 0 Å². The van der Waals surface area contributed by atoms with Crippen molar-refractivity contribution in [3.63, 3.8) is 0 Å². The molecule has 3 rings (SSSR count). The minimum atomic E-state index is -0.0416. The Morgan fingerprint density at radius 2 is 2.10 bits per heavy atom. The number of nitrogens with one attached hydrogen (secondary N) is 2. The van der Waals surface area contributed by atoms with Crippen molar-refractivity contribution in [3.8, 4) is 0 Å². The Balaban J connectivity index is 1.74. The van der Waals surface area contributed by atoms with Crippen LogP contribution in [0.4, 0.5) is 0 Å². The summed E-state index contributed by atoms with van der Waals surface area (Å²) in [5, 5.41) is 6.26. The van der Waals surface area contributed by atoms with Crippen molar-refractivity contribution in [2.75, 3.05) is 6.54 Å². The van der Waals surface area contributed by atoms with Crippen molar-refractivity contribution < 1.29 is 4.79 Å². The highest BCUT2D eigenvalue weighted by Crippen LogP contribution is 2.17. The number of amides is 1. The van der Waals surface area contributed by atoms with Gasteiger partial charge in [0.2, 0.25) is 0 Å². The van der Waals surface area contributed by atoms with Crippen molar-refractivity contribution in [2.24, 2.45) is 0 Å². The number of nitrogens with zero attached hydrogens (tertiary/aromatic N) is 1. The van der Waals surface area contributed by atoms with Crippen LogP contribution >= 0.6 is 0 Å². The maximum Gasteiger partial charge on any atom is 0.253 e. The first kappa shape index (κ1) is 12.8. The maximum atomic E-state index is 12.3. The lowest BCUT2D eigenvalue weighted by Gasteiger charge is -2.19. The van der Waals surface area contributed by atoms with Gasteiger partial charge in [0.05, 0.1) is 5.56 Å². The Hall–Kier alpha value is -2.20. The summed E-state index contributed by atoms with van der Waals surface area (Å²) in [6.45, 7) is 2.25. The van der Waals surface area contributed by atoms with Gasteiger partial charge in [-0.05, 0) is 29.7 Å². The van der Waals surface area contributed by atoms with E-state index < -0.39 is 0 Å². The van der Waals surface area contributed by atoms with E-state index >= 15 is 0 Å². The van der Waals surface area contributed by atoms with Gasteiger partial charge in [-0.2, -0.15) is 0 Å². The lowest BCUT2D eigenvalue weighted by atomic mass is 9.98. The molecule has 0 saturated heterocycles. The molecule has 1 aliphatic heterocycles. The van der Waals surface area contributed by atoms with E-state index in [2.05, 4.69) is 15.6 Å². The molecule has 2 N–H and O–H groups in total. The Morgan fingerprint density at radius 1 is 1.25 bits per heavy atom.